The molecule has 2 nitrogen and oxygen atoms in total. The van der Waals surface area contributed by atoms with Crippen molar-refractivity contribution in [3.63, 3.8) is 0 Å². The van der Waals surface area contributed by atoms with Gasteiger partial charge in [0.25, 0.3) is 0 Å². The Morgan fingerprint density at radius 3 is 2.55 bits per heavy atom. The van der Waals surface area contributed by atoms with Gasteiger partial charge in [-0.1, -0.05) is 13.8 Å². The second kappa shape index (κ2) is 2.86. The Morgan fingerprint density at radius 1 is 1.45 bits per heavy atom. The van der Waals surface area contributed by atoms with Crippen LogP contribution in [0.4, 0.5) is 4.39 Å². The first-order chi connectivity index (χ1) is 5.11. The zero-order valence-corrected chi connectivity index (χ0v) is 6.54. The normalized spacial score (nSPS) is 10.5. The van der Waals surface area contributed by atoms with Gasteiger partial charge in [-0.3, -0.25) is 0 Å². The minimum Gasteiger partial charge on any atom is -0.617 e. The molecule has 1 aromatic heterocycles. The number of hydrogen-bond donors (Lipinski definition) is 0. The van der Waals surface area contributed by atoms with Crippen LogP contribution in [-0.4, -0.2) is 0 Å². The molecule has 0 saturated carbocycles. The van der Waals surface area contributed by atoms with Gasteiger partial charge in [0.1, 0.15) is 0 Å². The topological polar surface area (TPSA) is 26.9 Å². The molecule has 0 aliphatic heterocycles. The molecule has 0 bridgehead atoms. The average Bonchev–Trinajstić information content (AvgIpc) is 1.94. The fourth-order valence-electron chi connectivity index (χ4n) is 0.820. The van der Waals surface area contributed by atoms with E-state index in [-0.39, 0.29) is 10.6 Å². The summed E-state index contributed by atoms with van der Waals surface area (Å²) in [7, 11) is 0. The number of rotatable bonds is 1. The molecular formula is C8H10FNO. The first-order valence-electron chi connectivity index (χ1n) is 3.50. The van der Waals surface area contributed by atoms with Crippen molar-refractivity contribution < 1.29 is 9.12 Å². The van der Waals surface area contributed by atoms with Crippen molar-refractivity contribution in [2.45, 2.75) is 19.8 Å². The van der Waals surface area contributed by atoms with E-state index in [0.717, 1.165) is 5.56 Å². The van der Waals surface area contributed by atoms with Crippen molar-refractivity contribution in [1.82, 2.24) is 0 Å². The minimum atomic E-state index is -0.755. The second-order valence-corrected chi connectivity index (χ2v) is 2.77. The fraction of sp³-hybridized carbons (Fsp3) is 0.375. The van der Waals surface area contributed by atoms with Gasteiger partial charge in [0.2, 0.25) is 0 Å². The minimum absolute atomic E-state index is 0.245. The van der Waals surface area contributed by atoms with Gasteiger partial charge >= 0.3 is 5.95 Å². The van der Waals surface area contributed by atoms with Gasteiger partial charge in [0, 0.05) is 11.6 Å². The lowest BCUT2D eigenvalue weighted by atomic mass is 10.1. The van der Waals surface area contributed by atoms with Crippen LogP contribution in [0, 0.1) is 11.2 Å². The summed E-state index contributed by atoms with van der Waals surface area (Å²) in [5.74, 6) is -0.495. The Bertz CT molecular complexity index is 260. The van der Waals surface area contributed by atoms with Crippen LogP contribution in [0.3, 0.4) is 0 Å². The van der Waals surface area contributed by atoms with Crippen molar-refractivity contribution in [3.05, 3.63) is 35.0 Å². The average molecular weight is 155 g/mol. The summed E-state index contributed by atoms with van der Waals surface area (Å²) < 4.78 is 12.7. The Labute approximate surface area is 64.9 Å². The molecule has 60 valence electrons. The molecule has 0 spiro atoms. The summed E-state index contributed by atoms with van der Waals surface area (Å²) in [5.41, 5.74) is 0.849. The zero-order valence-electron chi connectivity index (χ0n) is 6.54. The first-order valence-corrected chi connectivity index (χ1v) is 3.50. The molecule has 0 unspecified atom stereocenters. The van der Waals surface area contributed by atoms with Crippen LogP contribution in [0.2, 0.25) is 0 Å². The van der Waals surface area contributed by atoms with Crippen LogP contribution in [-0.2, 0) is 0 Å². The van der Waals surface area contributed by atoms with Crippen molar-refractivity contribution in [3.8, 4) is 0 Å². The molecule has 0 aliphatic rings. The monoisotopic (exact) mass is 155 g/mol. The molecule has 0 atom stereocenters. The summed E-state index contributed by atoms with van der Waals surface area (Å²) >= 11 is 0. The molecule has 1 heterocycles. The van der Waals surface area contributed by atoms with Crippen molar-refractivity contribution in [2.24, 2.45) is 0 Å². The van der Waals surface area contributed by atoms with Crippen LogP contribution >= 0.6 is 0 Å². The van der Waals surface area contributed by atoms with Gasteiger partial charge in [-0.2, -0.15) is 0 Å². The van der Waals surface area contributed by atoms with E-state index in [0.29, 0.717) is 0 Å². The lowest BCUT2D eigenvalue weighted by Gasteiger charge is -2.03. The van der Waals surface area contributed by atoms with Gasteiger partial charge in [-0.15, -0.1) is 9.12 Å². The van der Waals surface area contributed by atoms with E-state index in [1.54, 1.807) is 6.07 Å². The summed E-state index contributed by atoms with van der Waals surface area (Å²) in [6.45, 7) is 3.90. The van der Waals surface area contributed by atoms with E-state index < -0.39 is 5.95 Å². The molecule has 3 heteroatoms. The SMILES string of the molecule is CC(C)c1ccc(F)[n+]([O-])c1. The van der Waals surface area contributed by atoms with E-state index in [4.69, 9.17) is 0 Å². The van der Waals surface area contributed by atoms with E-state index >= 15 is 0 Å². The molecule has 0 aromatic carbocycles. The van der Waals surface area contributed by atoms with Gasteiger partial charge < -0.3 is 5.21 Å². The van der Waals surface area contributed by atoms with E-state index in [2.05, 4.69) is 0 Å². The maximum absolute atomic E-state index is 12.4. The van der Waals surface area contributed by atoms with Gasteiger partial charge in [0.15, 0.2) is 6.20 Å². The standard InChI is InChI=1S/C8H10FNO/c1-6(2)7-3-4-8(9)10(11)5-7/h3-6H,1-2H3. The van der Waals surface area contributed by atoms with Crippen LogP contribution in [0.15, 0.2) is 18.3 Å². The highest BCUT2D eigenvalue weighted by atomic mass is 19.1. The van der Waals surface area contributed by atoms with Crippen molar-refractivity contribution in [1.29, 1.82) is 0 Å². The van der Waals surface area contributed by atoms with Crippen LogP contribution < -0.4 is 4.73 Å². The third-order valence-electron chi connectivity index (χ3n) is 1.56. The molecule has 0 saturated heterocycles. The van der Waals surface area contributed by atoms with Crippen LogP contribution in [0.25, 0.3) is 0 Å². The highest BCUT2D eigenvalue weighted by molar-refractivity contribution is 5.10. The Morgan fingerprint density at radius 2 is 2.09 bits per heavy atom. The molecule has 0 amide bonds. The Hall–Kier alpha value is -1.12. The van der Waals surface area contributed by atoms with Crippen molar-refractivity contribution in [2.75, 3.05) is 0 Å². The second-order valence-electron chi connectivity index (χ2n) is 2.77. The fourth-order valence-corrected chi connectivity index (χ4v) is 0.820. The Balaban J connectivity index is 3.05. The van der Waals surface area contributed by atoms with Gasteiger partial charge in [-0.05, 0) is 12.0 Å². The number of hydrogen-bond acceptors (Lipinski definition) is 1. The van der Waals surface area contributed by atoms with Crippen LogP contribution in [0.5, 0.6) is 0 Å². The number of nitrogens with zero attached hydrogens (tertiary/aromatic N) is 1. The zero-order chi connectivity index (χ0) is 8.43. The molecule has 0 radical (unpaired) electrons. The first kappa shape index (κ1) is 7.98. The molecule has 0 fully saturated rings. The molecule has 0 N–H and O–H groups in total. The third kappa shape index (κ3) is 1.67. The number of aromatic nitrogens is 1. The quantitative estimate of drug-likeness (QED) is 0.343. The molecule has 0 aliphatic carbocycles. The lowest BCUT2D eigenvalue weighted by molar-refractivity contribution is -0.637. The highest BCUT2D eigenvalue weighted by Gasteiger charge is 2.06. The van der Waals surface area contributed by atoms with Gasteiger partial charge in [-0.25, -0.2) is 0 Å². The van der Waals surface area contributed by atoms with E-state index in [9.17, 15) is 9.60 Å². The molecular weight excluding hydrogens is 145 g/mol. The summed E-state index contributed by atoms with van der Waals surface area (Å²) in [4.78, 5) is 0. The number of pyridine rings is 1. The molecule has 11 heavy (non-hydrogen) atoms. The maximum Gasteiger partial charge on any atom is 0.370 e. The molecule has 1 aromatic rings. The third-order valence-corrected chi connectivity index (χ3v) is 1.56. The largest absolute Gasteiger partial charge is 0.617 e. The number of halogens is 1. The summed E-state index contributed by atoms with van der Waals surface area (Å²) in [6.07, 6.45) is 1.26. The smallest absolute Gasteiger partial charge is 0.370 e. The van der Waals surface area contributed by atoms with E-state index in [1.165, 1.54) is 12.3 Å². The maximum atomic E-state index is 12.4. The summed E-state index contributed by atoms with van der Waals surface area (Å²) in [5, 5.41) is 10.7. The van der Waals surface area contributed by atoms with Gasteiger partial charge in [0.05, 0.1) is 0 Å². The predicted molar refractivity (Wildman–Crippen MR) is 39.4 cm³/mol. The highest BCUT2D eigenvalue weighted by Crippen LogP contribution is 2.10. The van der Waals surface area contributed by atoms with Crippen molar-refractivity contribution >= 4 is 0 Å². The summed E-state index contributed by atoms with van der Waals surface area (Å²) in [6, 6.07) is 2.80. The Kier molecular flexibility index (Phi) is 2.08. The van der Waals surface area contributed by atoms with Crippen LogP contribution in [0.1, 0.15) is 25.3 Å². The lowest BCUT2D eigenvalue weighted by Crippen LogP contribution is -2.31. The van der Waals surface area contributed by atoms with E-state index in [1.807, 2.05) is 13.8 Å². The molecule has 1 rings (SSSR count). The predicted octanol–water partition coefficient (Wildman–Crippen LogP) is 1.58.